The highest BCUT2D eigenvalue weighted by molar-refractivity contribution is 7.17. The zero-order valence-electron chi connectivity index (χ0n) is 12.1. The Labute approximate surface area is 123 Å². The van der Waals surface area contributed by atoms with Gasteiger partial charge in [-0.1, -0.05) is 39.0 Å². The first-order valence-electron chi connectivity index (χ1n) is 6.66. The molecule has 0 spiro atoms. The molecule has 1 aromatic carbocycles. The highest BCUT2D eigenvalue weighted by Gasteiger charge is 2.25. The van der Waals surface area contributed by atoms with E-state index < -0.39 is 12.1 Å². The predicted octanol–water partition coefficient (Wildman–Crippen LogP) is 4.31. The Hall–Kier alpha value is -1.39. The number of aliphatic carboxylic acids is 1. The molecule has 0 saturated carbocycles. The van der Waals surface area contributed by atoms with E-state index in [1.165, 1.54) is 4.70 Å². The molecule has 2 rings (SSSR count). The summed E-state index contributed by atoms with van der Waals surface area (Å²) in [4.78, 5) is 11.3. The average molecular weight is 292 g/mol. The van der Waals surface area contributed by atoms with Gasteiger partial charge in [-0.05, 0) is 34.2 Å². The number of carboxylic acid groups (broad SMARTS) is 1. The second-order valence-corrected chi connectivity index (χ2v) is 7.07. The van der Waals surface area contributed by atoms with Crippen LogP contribution in [0.1, 0.15) is 32.8 Å². The van der Waals surface area contributed by atoms with Crippen LogP contribution < -0.4 is 0 Å². The molecule has 0 aliphatic rings. The molecule has 1 heterocycles. The van der Waals surface area contributed by atoms with Crippen LogP contribution in [0.2, 0.25) is 0 Å². The van der Waals surface area contributed by atoms with Crippen LogP contribution in [0.3, 0.4) is 0 Å². The Balaban J connectivity index is 2.07. The van der Waals surface area contributed by atoms with E-state index in [0.29, 0.717) is 13.0 Å². The Kier molecular flexibility index (Phi) is 4.45. The maximum atomic E-state index is 11.3. The molecular formula is C16H20O3S. The zero-order valence-corrected chi connectivity index (χ0v) is 12.9. The molecule has 0 aliphatic carbocycles. The lowest BCUT2D eigenvalue weighted by Crippen LogP contribution is -2.28. The fourth-order valence-corrected chi connectivity index (χ4v) is 3.06. The van der Waals surface area contributed by atoms with Gasteiger partial charge in [0.05, 0.1) is 6.61 Å². The van der Waals surface area contributed by atoms with E-state index in [1.54, 1.807) is 11.3 Å². The average Bonchev–Trinajstić information content (AvgIpc) is 2.76. The van der Waals surface area contributed by atoms with Crippen molar-refractivity contribution in [2.24, 2.45) is 5.41 Å². The quantitative estimate of drug-likeness (QED) is 0.893. The van der Waals surface area contributed by atoms with Crippen LogP contribution >= 0.6 is 11.3 Å². The van der Waals surface area contributed by atoms with Gasteiger partial charge in [0.25, 0.3) is 0 Å². The number of ether oxygens (including phenoxy) is 1. The van der Waals surface area contributed by atoms with Gasteiger partial charge in [-0.2, -0.15) is 0 Å². The first-order chi connectivity index (χ1) is 9.37. The summed E-state index contributed by atoms with van der Waals surface area (Å²) >= 11 is 1.66. The van der Waals surface area contributed by atoms with E-state index in [9.17, 15) is 9.90 Å². The van der Waals surface area contributed by atoms with E-state index in [1.807, 2.05) is 44.4 Å². The van der Waals surface area contributed by atoms with Gasteiger partial charge in [-0.15, -0.1) is 11.3 Å². The van der Waals surface area contributed by atoms with Gasteiger partial charge in [0.15, 0.2) is 6.10 Å². The smallest absolute Gasteiger partial charge is 0.332 e. The van der Waals surface area contributed by atoms with E-state index in [4.69, 9.17) is 4.74 Å². The lowest BCUT2D eigenvalue weighted by atomic mass is 9.89. The number of carbonyl (C=O) groups is 1. The second kappa shape index (κ2) is 5.94. The van der Waals surface area contributed by atoms with Crippen LogP contribution in [0.4, 0.5) is 0 Å². The molecule has 20 heavy (non-hydrogen) atoms. The first-order valence-corrected chi connectivity index (χ1v) is 7.54. The zero-order chi connectivity index (χ0) is 14.8. The van der Waals surface area contributed by atoms with E-state index >= 15 is 0 Å². The van der Waals surface area contributed by atoms with Gasteiger partial charge in [0.1, 0.15) is 0 Å². The predicted molar refractivity (Wildman–Crippen MR) is 82.1 cm³/mol. The van der Waals surface area contributed by atoms with E-state index in [2.05, 4.69) is 6.07 Å². The van der Waals surface area contributed by atoms with Crippen molar-refractivity contribution in [3.05, 3.63) is 35.2 Å². The number of rotatable bonds is 5. The number of thiophene rings is 1. The van der Waals surface area contributed by atoms with Crippen molar-refractivity contribution in [3.8, 4) is 0 Å². The van der Waals surface area contributed by atoms with Crippen LogP contribution in [0.25, 0.3) is 10.1 Å². The lowest BCUT2D eigenvalue weighted by Gasteiger charge is -2.23. The second-order valence-electron chi connectivity index (χ2n) is 6.16. The fourth-order valence-electron chi connectivity index (χ4n) is 2.11. The number of benzene rings is 1. The van der Waals surface area contributed by atoms with Gasteiger partial charge in [-0.25, -0.2) is 4.79 Å². The molecule has 1 unspecified atom stereocenters. The van der Waals surface area contributed by atoms with Crippen molar-refractivity contribution >= 4 is 27.4 Å². The largest absolute Gasteiger partial charge is 0.479 e. The van der Waals surface area contributed by atoms with Crippen LogP contribution in [-0.2, 0) is 16.1 Å². The molecule has 3 nitrogen and oxygen atoms in total. The van der Waals surface area contributed by atoms with Crippen LogP contribution in [0, 0.1) is 5.41 Å². The molecule has 0 radical (unpaired) electrons. The minimum absolute atomic E-state index is 0.0697. The number of fused-ring (bicyclic) bond motifs is 1. The van der Waals surface area contributed by atoms with Crippen LogP contribution in [0.5, 0.6) is 0 Å². The van der Waals surface area contributed by atoms with Gasteiger partial charge in [-0.3, -0.25) is 0 Å². The number of hydrogen-bond donors (Lipinski definition) is 1. The summed E-state index contributed by atoms with van der Waals surface area (Å²) in [7, 11) is 0. The molecule has 108 valence electrons. The maximum Gasteiger partial charge on any atom is 0.332 e. The van der Waals surface area contributed by atoms with E-state index in [0.717, 1.165) is 10.9 Å². The van der Waals surface area contributed by atoms with E-state index in [-0.39, 0.29) is 5.41 Å². The number of hydrogen-bond acceptors (Lipinski definition) is 3. The highest BCUT2D eigenvalue weighted by Crippen LogP contribution is 2.28. The Morgan fingerprint density at radius 2 is 2.05 bits per heavy atom. The molecule has 0 saturated heterocycles. The molecule has 0 fully saturated rings. The van der Waals surface area contributed by atoms with Crippen molar-refractivity contribution < 1.29 is 14.6 Å². The Morgan fingerprint density at radius 3 is 2.70 bits per heavy atom. The first kappa shape index (κ1) is 15.0. The van der Waals surface area contributed by atoms with Gasteiger partial charge in [0, 0.05) is 4.70 Å². The minimum atomic E-state index is -0.889. The molecule has 0 aliphatic heterocycles. The molecule has 4 heteroatoms. The van der Waals surface area contributed by atoms with Crippen LogP contribution in [-0.4, -0.2) is 17.2 Å². The molecule has 1 N–H and O–H groups in total. The third-order valence-corrected chi connectivity index (χ3v) is 4.09. The number of carboxylic acids is 1. The molecule has 0 amide bonds. The molecule has 0 bridgehead atoms. The normalized spacial score (nSPS) is 13.6. The molecule has 1 atom stereocenters. The van der Waals surface area contributed by atoms with Crippen molar-refractivity contribution in [2.75, 3.05) is 0 Å². The molecule has 2 aromatic rings. The summed E-state index contributed by atoms with van der Waals surface area (Å²) in [6, 6.07) is 8.10. The van der Waals surface area contributed by atoms with Gasteiger partial charge >= 0.3 is 5.97 Å². The Morgan fingerprint density at radius 1 is 1.35 bits per heavy atom. The van der Waals surface area contributed by atoms with Crippen molar-refractivity contribution in [1.29, 1.82) is 0 Å². The van der Waals surface area contributed by atoms with Gasteiger partial charge in [0.2, 0.25) is 0 Å². The van der Waals surface area contributed by atoms with Gasteiger partial charge < -0.3 is 9.84 Å². The van der Waals surface area contributed by atoms with Crippen LogP contribution in [0.15, 0.2) is 29.6 Å². The Bertz CT molecular complexity index is 595. The summed E-state index contributed by atoms with van der Waals surface area (Å²) in [6.45, 7) is 6.40. The third kappa shape index (κ3) is 3.81. The summed E-state index contributed by atoms with van der Waals surface area (Å²) in [5.41, 5.74) is 0.991. The van der Waals surface area contributed by atoms with Crippen molar-refractivity contribution in [1.82, 2.24) is 0 Å². The molecule has 1 aromatic heterocycles. The summed E-state index contributed by atoms with van der Waals surface area (Å²) in [6.07, 6.45) is -0.252. The summed E-state index contributed by atoms with van der Waals surface area (Å²) < 4.78 is 6.84. The topological polar surface area (TPSA) is 46.5 Å². The van der Waals surface area contributed by atoms with Crippen molar-refractivity contribution in [3.63, 3.8) is 0 Å². The fraction of sp³-hybridized carbons (Fsp3) is 0.438. The summed E-state index contributed by atoms with van der Waals surface area (Å²) in [5.74, 6) is -0.889. The SMILES string of the molecule is CC(C)(C)CC(OCc1csc2ccccc12)C(=O)O. The standard InChI is InChI=1S/C16H20O3S/c1-16(2,3)8-13(15(17)18)19-9-11-10-20-14-7-5-4-6-12(11)14/h4-7,10,13H,8-9H2,1-3H3,(H,17,18). The lowest BCUT2D eigenvalue weighted by molar-refractivity contribution is -0.153. The monoisotopic (exact) mass is 292 g/mol. The minimum Gasteiger partial charge on any atom is -0.479 e. The molecular weight excluding hydrogens is 272 g/mol. The summed E-state index contributed by atoms with van der Waals surface area (Å²) in [5, 5.41) is 12.4. The maximum absolute atomic E-state index is 11.3. The third-order valence-electron chi connectivity index (χ3n) is 3.07. The highest BCUT2D eigenvalue weighted by atomic mass is 32.1. The van der Waals surface area contributed by atoms with Crippen molar-refractivity contribution in [2.45, 2.75) is 39.9 Å².